The van der Waals surface area contributed by atoms with Crippen molar-refractivity contribution in [3.8, 4) is 0 Å². The summed E-state index contributed by atoms with van der Waals surface area (Å²) >= 11 is 0. The Kier molecular flexibility index (Phi) is 5.51. The molecule has 0 amide bonds. The Morgan fingerprint density at radius 1 is 1.00 bits per heavy atom. The highest BCUT2D eigenvalue weighted by Crippen LogP contribution is 2.27. The van der Waals surface area contributed by atoms with Crippen molar-refractivity contribution in [2.45, 2.75) is 57.8 Å². The largest absolute Gasteiger partial charge is 0.373 e. The average molecular weight is 304 g/mol. The van der Waals surface area contributed by atoms with E-state index in [1.807, 2.05) is 0 Å². The molecule has 0 spiro atoms. The lowest BCUT2D eigenvalue weighted by Crippen LogP contribution is -2.35. The highest BCUT2D eigenvalue weighted by molar-refractivity contribution is 5.24. The van der Waals surface area contributed by atoms with Crippen LogP contribution >= 0.6 is 0 Å². The van der Waals surface area contributed by atoms with E-state index in [0.717, 1.165) is 19.1 Å². The van der Waals surface area contributed by atoms with E-state index < -0.39 is 0 Å². The molecule has 3 rings (SSSR count). The van der Waals surface area contributed by atoms with Gasteiger partial charge in [-0.15, -0.1) is 0 Å². The van der Waals surface area contributed by atoms with Gasteiger partial charge < -0.3 is 14.2 Å². The second-order valence-electron chi connectivity index (χ2n) is 6.92. The molecule has 1 heterocycles. The van der Waals surface area contributed by atoms with E-state index in [9.17, 15) is 0 Å². The van der Waals surface area contributed by atoms with Gasteiger partial charge in [0.2, 0.25) is 0 Å². The van der Waals surface area contributed by atoms with Crippen LogP contribution in [0.1, 0.15) is 49.7 Å². The highest BCUT2D eigenvalue weighted by Gasteiger charge is 2.25. The fraction of sp³-hybridized carbons (Fsp3) is 0.684. The van der Waals surface area contributed by atoms with Crippen LogP contribution in [0.25, 0.3) is 0 Å². The van der Waals surface area contributed by atoms with Crippen molar-refractivity contribution >= 4 is 0 Å². The smallest absolute Gasteiger partial charge is 0.180 e. The predicted molar refractivity (Wildman–Crippen MR) is 87.0 cm³/mol. The zero-order valence-corrected chi connectivity index (χ0v) is 13.8. The van der Waals surface area contributed by atoms with Crippen LogP contribution in [-0.4, -0.2) is 32.2 Å². The van der Waals surface area contributed by atoms with Crippen molar-refractivity contribution in [1.82, 2.24) is 0 Å². The second kappa shape index (κ2) is 7.58. The quantitative estimate of drug-likeness (QED) is 0.840. The number of ether oxygens (including phenoxy) is 3. The standard InChI is InChI=1S/C19H28O3/c1-14-3-7-16(8-4-14)17-11-21-19(22-12-17)13-20-18-9-5-15(2)6-10-18/h3-4,7-8,15,17-19H,5-6,9-13H2,1-2H3. The van der Waals surface area contributed by atoms with E-state index in [1.54, 1.807) is 0 Å². The van der Waals surface area contributed by atoms with Crippen molar-refractivity contribution < 1.29 is 14.2 Å². The van der Waals surface area contributed by atoms with E-state index in [-0.39, 0.29) is 6.29 Å². The third-order valence-corrected chi connectivity index (χ3v) is 4.95. The fourth-order valence-electron chi connectivity index (χ4n) is 3.28. The van der Waals surface area contributed by atoms with Crippen LogP contribution in [0.15, 0.2) is 24.3 Å². The van der Waals surface area contributed by atoms with E-state index in [1.165, 1.54) is 36.8 Å². The van der Waals surface area contributed by atoms with Gasteiger partial charge in [-0.3, -0.25) is 0 Å². The molecule has 0 aromatic heterocycles. The summed E-state index contributed by atoms with van der Waals surface area (Å²) in [6.45, 7) is 6.45. The van der Waals surface area contributed by atoms with Gasteiger partial charge in [0.1, 0.15) is 0 Å². The number of hydrogen-bond acceptors (Lipinski definition) is 3. The highest BCUT2D eigenvalue weighted by atomic mass is 16.7. The molecule has 1 saturated carbocycles. The number of benzene rings is 1. The third kappa shape index (κ3) is 4.31. The minimum Gasteiger partial charge on any atom is -0.373 e. The molecule has 2 aliphatic rings. The Balaban J connectivity index is 1.39. The van der Waals surface area contributed by atoms with Crippen LogP contribution in [-0.2, 0) is 14.2 Å². The van der Waals surface area contributed by atoms with Gasteiger partial charge in [-0.25, -0.2) is 0 Å². The molecule has 122 valence electrons. The zero-order chi connectivity index (χ0) is 15.4. The Labute approximate surface area is 134 Å². The maximum absolute atomic E-state index is 5.98. The number of aryl methyl sites for hydroxylation is 1. The first-order valence-corrected chi connectivity index (χ1v) is 8.62. The molecular weight excluding hydrogens is 276 g/mol. The number of hydrogen-bond donors (Lipinski definition) is 0. The first kappa shape index (κ1) is 16.0. The molecule has 0 N–H and O–H groups in total. The summed E-state index contributed by atoms with van der Waals surface area (Å²) in [5, 5.41) is 0. The van der Waals surface area contributed by atoms with Crippen LogP contribution in [0, 0.1) is 12.8 Å². The minimum atomic E-state index is -0.193. The van der Waals surface area contributed by atoms with E-state index in [2.05, 4.69) is 38.1 Å². The Morgan fingerprint density at radius 2 is 1.64 bits per heavy atom. The normalized spacial score (nSPS) is 32.8. The summed E-state index contributed by atoms with van der Waals surface area (Å²) in [6.07, 6.45) is 5.14. The Morgan fingerprint density at radius 3 is 2.27 bits per heavy atom. The van der Waals surface area contributed by atoms with Gasteiger partial charge in [0.25, 0.3) is 0 Å². The molecule has 0 unspecified atom stereocenters. The molecular formula is C19H28O3. The van der Waals surface area contributed by atoms with Gasteiger partial charge in [0.05, 0.1) is 25.9 Å². The monoisotopic (exact) mass is 304 g/mol. The molecule has 0 atom stereocenters. The Hall–Kier alpha value is -0.900. The van der Waals surface area contributed by atoms with Crippen LogP contribution < -0.4 is 0 Å². The van der Waals surface area contributed by atoms with Crippen molar-refractivity contribution in [3.05, 3.63) is 35.4 Å². The molecule has 1 aliphatic heterocycles. The molecule has 0 bridgehead atoms. The van der Waals surface area contributed by atoms with Crippen molar-refractivity contribution in [2.75, 3.05) is 19.8 Å². The van der Waals surface area contributed by atoms with Crippen LogP contribution in [0.3, 0.4) is 0 Å². The average Bonchev–Trinajstić information content (AvgIpc) is 2.56. The molecule has 1 aromatic rings. The van der Waals surface area contributed by atoms with Crippen molar-refractivity contribution in [3.63, 3.8) is 0 Å². The molecule has 22 heavy (non-hydrogen) atoms. The molecule has 0 radical (unpaired) electrons. The molecule has 1 saturated heterocycles. The van der Waals surface area contributed by atoms with Crippen LogP contribution in [0.4, 0.5) is 0 Å². The zero-order valence-electron chi connectivity index (χ0n) is 13.8. The molecule has 1 aromatic carbocycles. The fourth-order valence-corrected chi connectivity index (χ4v) is 3.28. The van der Waals surface area contributed by atoms with Crippen molar-refractivity contribution in [2.24, 2.45) is 5.92 Å². The SMILES string of the molecule is Cc1ccc(C2COC(COC3CCC(C)CC3)OC2)cc1. The lowest BCUT2D eigenvalue weighted by atomic mass is 9.89. The van der Waals surface area contributed by atoms with Gasteiger partial charge in [-0.2, -0.15) is 0 Å². The molecule has 3 heteroatoms. The predicted octanol–water partition coefficient (Wildman–Crippen LogP) is 4.05. The summed E-state index contributed by atoms with van der Waals surface area (Å²) < 4.78 is 17.7. The van der Waals surface area contributed by atoms with Crippen molar-refractivity contribution in [1.29, 1.82) is 0 Å². The van der Waals surface area contributed by atoms with E-state index >= 15 is 0 Å². The lowest BCUT2D eigenvalue weighted by Gasteiger charge is -2.32. The first-order valence-electron chi connectivity index (χ1n) is 8.62. The maximum atomic E-state index is 5.98. The summed E-state index contributed by atoms with van der Waals surface area (Å²) in [5.74, 6) is 1.20. The lowest BCUT2D eigenvalue weighted by molar-refractivity contribution is -0.217. The minimum absolute atomic E-state index is 0.193. The molecule has 2 fully saturated rings. The Bertz CT molecular complexity index is 440. The molecule has 1 aliphatic carbocycles. The summed E-state index contributed by atoms with van der Waals surface area (Å²) in [7, 11) is 0. The third-order valence-electron chi connectivity index (χ3n) is 4.95. The summed E-state index contributed by atoms with van der Waals surface area (Å²) in [4.78, 5) is 0. The summed E-state index contributed by atoms with van der Waals surface area (Å²) in [6, 6.07) is 8.64. The van der Waals surface area contributed by atoms with Gasteiger partial charge in [-0.1, -0.05) is 36.8 Å². The van der Waals surface area contributed by atoms with E-state index in [0.29, 0.717) is 18.6 Å². The van der Waals surface area contributed by atoms with Crippen LogP contribution in [0.2, 0.25) is 0 Å². The topological polar surface area (TPSA) is 27.7 Å². The van der Waals surface area contributed by atoms with Crippen LogP contribution in [0.5, 0.6) is 0 Å². The number of rotatable bonds is 4. The van der Waals surface area contributed by atoms with Gasteiger partial charge in [-0.05, 0) is 44.1 Å². The second-order valence-corrected chi connectivity index (χ2v) is 6.92. The van der Waals surface area contributed by atoms with E-state index in [4.69, 9.17) is 14.2 Å². The molecule has 3 nitrogen and oxygen atoms in total. The van der Waals surface area contributed by atoms with Gasteiger partial charge >= 0.3 is 0 Å². The van der Waals surface area contributed by atoms with Gasteiger partial charge in [0.15, 0.2) is 6.29 Å². The maximum Gasteiger partial charge on any atom is 0.180 e. The summed E-state index contributed by atoms with van der Waals surface area (Å²) in [5.41, 5.74) is 2.58. The first-order chi connectivity index (χ1) is 10.7. The van der Waals surface area contributed by atoms with Gasteiger partial charge in [0, 0.05) is 5.92 Å².